The number of aromatic nitrogens is 1. The number of halogens is 2. The van der Waals surface area contributed by atoms with Gasteiger partial charge in [0.15, 0.2) is 0 Å². The fraction of sp³-hybridized carbons (Fsp3) is 0.217. The monoisotopic (exact) mass is 433 g/mol. The SMILES string of the molecule is Cc1cc(C)n(-c2cc3ccccc3[cH-]2)c1.Cc1cc[c-](C)c1C.[Cl-].[Cl-].[Ti+4]. The first-order chi connectivity index (χ1) is 11.5. The standard InChI is InChI=1S/C15H14N.C8H11.2ClH.Ti/c1-11-7-12(2)16(10-11)15-8-13-5-3-4-6-14(13)9-15;1-6-4-5-7(2)8(6)3;;;/h3-10H,1-2H3;4-5H,1-3H3;2*1H;/q2*-1;;;+4/p-2. The van der Waals surface area contributed by atoms with Gasteiger partial charge in [-0.25, -0.2) is 6.07 Å². The molecule has 0 aliphatic carbocycles. The molecule has 1 heterocycles. The summed E-state index contributed by atoms with van der Waals surface area (Å²) in [6, 6.07) is 19.5. The van der Waals surface area contributed by atoms with Gasteiger partial charge in [0.05, 0.1) is 0 Å². The van der Waals surface area contributed by atoms with Crippen molar-refractivity contribution in [3.63, 3.8) is 0 Å². The molecule has 0 fully saturated rings. The molecule has 0 N–H and O–H groups in total. The zero-order valence-electron chi connectivity index (χ0n) is 16.5. The van der Waals surface area contributed by atoms with Crippen LogP contribution in [0, 0.1) is 34.6 Å². The maximum absolute atomic E-state index is 2.25. The summed E-state index contributed by atoms with van der Waals surface area (Å²) in [4.78, 5) is 0. The molecular weight excluding hydrogens is 409 g/mol. The molecule has 0 atom stereocenters. The van der Waals surface area contributed by atoms with Gasteiger partial charge in [0, 0.05) is 11.9 Å². The van der Waals surface area contributed by atoms with E-state index in [0.717, 1.165) is 0 Å². The van der Waals surface area contributed by atoms with E-state index >= 15 is 0 Å². The van der Waals surface area contributed by atoms with Gasteiger partial charge in [-0.05, 0) is 31.2 Å². The van der Waals surface area contributed by atoms with Crippen molar-refractivity contribution in [1.82, 2.24) is 4.57 Å². The van der Waals surface area contributed by atoms with Gasteiger partial charge in [-0.1, -0.05) is 26.8 Å². The first kappa shape index (κ1) is 25.8. The Morgan fingerprint density at radius 2 is 1.59 bits per heavy atom. The van der Waals surface area contributed by atoms with Crippen LogP contribution in [0.1, 0.15) is 27.9 Å². The molecular formula is C23H25Cl2NTi. The molecule has 0 radical (unpaired) electrons. The van der Waals surface area contributed by atoms with E-state index in [1.54, 1.807) is 0 Å². The average molecular weight is 434 g/mol. The number of hydrogen-bond donors (Lipinski definition) is 0. The van der Waals surface area contributed by atoms with Crippen LogP contribution < -0.4 is 24.8 Å². The molecule has 140 valence electrons. The summed E-state index contributed by atoms with van der Waals surface area (Å²) in [5, 5.41) is 2.62. The summed E-state index contributed by atoms with van der Waals surface area (Å²) in [6.45, 7) is 10.7. The number of fused-ring (bicyclic) bond motifs is 1. The third-order valence-electron chi connectivity index (χ3n) is 4.80. The molecule has 27 heavy (non-hydrogen) atoms. The number of benzene rings is 1. The topological polar surface area (TPSA) is 4.93 Å². The van der Waals surface area contributed by atoms with Crippen molar-refractivity contribution in [2.45, 2.75) is 34.6 Å². The molecule has 0 amide bonds. The smallest absolute Gasteiger partial charge is 1.00 e. The second kappa shape index (κ2) is 10.9. The van der Waals surface area contributed by atoms with Gasteiger partial charge in [0.2, 0.25) is 0 Å². The predicted molar refractivity (Wildman–Crippen MR) is 105 cm³/mol. The zero-order valence-corrected chi connectivity index (χ0v) is 19.6. The molecule has 4 heteroatoms. The van der Waals surface area contributed by atoms with E-state index in [4.69, 9.17) is 0 Å². The fourth-order valence-electron chi connectivity index (χ4n) is 3.10. The summed E-state index contributed by atoms with van der Waals surface area (Å²) < 4.78 is 2.25. The fourth-order valence-corrected chi connectivity index (χ4v) is 3.10. The summed E-state index contributed by atoms with van der Waals surface area (Å²) in [6.07, 6.45) is 2.18. The molecule has 3 aromatic carbocycles. The van der Waals surface area contributed by atoms with Crippen molar-refractivity contribution < 1.29 is 46.5 Å². The van der Waals surface area contributed by atoms with E-state index in [-0.39, 0.29) is 46.5 Å². The van der Waals surface area contributed by atoms with Crippen LogP contribution >= 0.6 is 0 Å². The van der Waals surface area contributed by atoms with Gasteiger partial charge in [0.25, 0.3) is 0 Å². The van der Waals surface area contributed by atoms with E-state index in [1.165, 1.54) is 44.4 Å². The molecule has 0 bridgehead atoms. The number of hydrogen-bond acceptors (Lipinski definition) is 0. The van der Waals surface area contributed by atoms with Gasteiger partial charge in [0.1, 0.15) is 0 Å². The largest absolute Gasteiger partial charge is 4.00 e. The molecule has 0 aliphatic heterocycles. The van der Waals surface area contributed by atoms with Crippen LogP contribution in [0.4, 0.5) is 0 Å². The number of aryl methyl sites for hydroxylation is 4. The van der Waals surface area contributed by atoms with Crippen LogP contribution in [0.5, 0.6) is 0 Å². The van der Waals surface area contributed by atoms with Crippen LogP contribution in [0.15, 0.2) is 60.8 Å². The Morgan fingerprint density at radius 3 is 2.04 bits per heavy atom. The molecule has 0 saturated heterocycles. The molecule has 0 saturated carbocycles. The Hall–Kier alpha value is -1.25. The Morgan fingerprint density at radius 1 is 0.926 bits per heavy atom. The minimum Gasteiger partial charge on any atom is -1.00 e. The van der Waals surface area contributed by atoms with Crippen molar-refractivity contribution in [3.8, 4) is 5.69 Å². The maximum Gasteiger partial charge on any atom is 4.00 e. The maximum atomic E-state index is 2.25. The van der Waals surface area contributed by atoms with E-state index < -0.39 is 0 Å². The third kappa shape index (κ3) is 5.86. The second-order valence-corrected chi connectivity index (χ2v) is 6.70. The predicted octanol–water partition coefficient (Wildman–Crippen LogP) is 0.303. The van der Waals surface area contributed by atoms with E-state index in [0.29, 0.717) is 0 Å². The van der Waals surface area contributed by atoms with Crippen molar-refractivity contribution in [2.24, 2.45) is 0 Å². The van der Waals surface area contributed by atoms with Gasteiger partial charge in [-0.3, -0.25) is 0 Å². The summed E-state index contributed by atoms with van der Waals surface area (Å²) in [5.74, 6) is 0. The Balaban J connectivity index is 0.000000535. The molecule has 1 aromatic heterocycles. The first-order valence-electron chi connectivity index (χ1n) is 8.46. The number of nitrogens with zero attached hydrogens (tertiary/aromatic N) is 1. The van der Waals surface area contributed by atoms with Crippen LogP contribution in [0.3, 0.4) is 0 Å². The van der Waals surface area contributed by atoms with Crippen LogP contribution in [0.2, 0.25) is 0 Å². The summed E-state index contributed by atoms with van der Waals surface area (Å²) >= 11 is 0. The van der Waals surface area contributed by atoms with Crippen molar-refractivity contribution in [1.29, 1.82) is 0 Å². The first-order valence-corrected chi connectivity index (χ1v) is 8.46. The zero-order chi connectivity index (χ0) is 17.3. The minimum atomic E-state index is 0. The van der Waals surface area contributed by atoms with Gasteiger partial charge in [-0.2, -0.15) is 22.8 Å². The van der Waals surface area contributed by atoms with Crippen molar-refractivity contribution in [3.05, 3.63) is 88.7 Å². The minimum absolute atomic E-state index is 0. The average Bonchev–Trinajstić information content (AvgIpc) is 3.21. The van der Waals surface area contributed by atoms with E-state index in [1.807, 2.05) is 0 Å². The quantitative estimate of drug-likeness (QED) is 0.300. The summed E-state index contributed by atoms with van der Waals surface area (Å²) in [7, 11) is 0. The van der Waals surface area contributed by atoms with Crippen molar-refractivity contribution >= 4 is 10.8 Å². The molecule has 4 rings (SSSR count). The van der Waals surface area contributed by atoms with Crippen molar-refractivity contribution in [2.75, 3.05) is 0 Å². The molecule has 1 nitrogen and oxygen atoms in total. The molecule has 0 aliphatic rings. The van der Waals surface area contributed by atoms with E-state index in [9.17, 15) is 0 Å². The second-order valence-electron chi connectivity index (χ2n) is 6.70. The van der Waals surface area contributed by atoms with E-state index in [2.05, 4.69) is 100.0 Å². The summed E-state index contributed by atoms with van der Waals surface area (Å²) in [5.41, 5.74) is 8.09. The van der Waals surface area contributed by atoms with Gasteiger partial charge >= 0.3 is 21.7 Å². The molecule has 0 unspecified atom stereocenters. The van der Waals surface area contributed by atoms with Gasteiger partial charge in [-0.15, -0.1) is 41.1 Å². The molecule has 0 spiro atoms. The Bertz CT molecular complexity index is 923. The number of rotatable bonds is 1. The Labute approximate surface area is 190 Å². The Kier molecular flexibility index (Phi) is 10.4. The van der Waals surface area contributed by atoms with Crippen LogP contribution in [-0.2, 0) is 21.7 Å². The van der Waals surface area contributed by atoms with Crippen LogP contribution in [0.25, 0.3) is 16.5 Å². The third-order valence-corrected chi connectivity index (χ3v) is 4.80. The molecule has 4 aromatic rings. The van der Waals surface area contributed by atoms with Crippen LogP contribution in [-0.4, -0.2) is 4.57 Å². The van der Waals surface area contributed by atoms with Gasteiger partial charge < -0.3 is 29.4 Å². The normalized spacial score (nSPS) is 9.52.